The maximum absolute atomic E-state index is 12.7. The molecule has 0 saturated carbocycles. The SMILES string of the molecule is Cc1ccccc1C(=O)NC1CCN(C(=O)c2ccc(C(C)C)cc2)CC1. The normalized spacial score (nSPS) is 15.0. The quantitative estimate of drug-likeness (QED) is 0.886. The maximum Gasteiger partial charge on any atom is 0.253 e. The molecule has 0 radical (unpaired) electrons. The molecule has 1 aliphatic heterocycles. The third-order valence-electron chi connectivity index (χ3n) is 5.33. The summed E-state index contributed by atoms with van der Waals surface area (Å²) in [5.74, 6) is 0.512. The first-order valence-corrected chi connectivity index (χ1v) is 9.71. The van der Waals surface area contributed by atoms with E-state index in [1.807, 2.05) is 60.4 Å². The van der Waals surface area contributed by atoms with Gasteiger partial charge in [0.25, 0.3) is 11.8 Å². The molecule has 2 aromatic carbocycles. The molecule has 2 amide bonds. The van der Waals surface area contributed by atoms with Crippen molar-refractivity contribution < 1.29 is 9.59 Å². The van der Waals surface area contributed by atoms with Gasteiger partial charge < -0.3 is 10.2 Å². The fourth-order valence-electron chi connectivity index (χ4n) is 3.51. The first-order chi connectivity index (χ1) is 13.0. The fraction of sp³-hybridized carbons (Fsp3) is 0.391. The van der Waals surface area contributed by atoms with Crippen LogP contribution in [-0.4, -0.2) is 35.8 Å². The van der Waals surface area contributed by atoms with Crippen molar-refractivity contribution in [3.05, 3.63) is 70.8 Å². The third-order valence-corrected chi connectivity index (χ3v) is 5.33. The molecule has 0 atom stereocenters. The van der Waals surface area contributed by atoms with Crippen molar-refractivity contribution in [3.8, 4) is 0 Å². The van der Waals surface area contributed by atoms with Crippen LogP contribution in [0.5, 0.6) is 0 Å². The van der Waals surface area contributed by atoms with Crippen LogP contribution in [0.15, 0.2) is 48.5 Å². The Hall–Kier alpha value is -2.62. The van der Waals surface area contributed by atoms with Crippen LogP contribution in [-0.2, 0) is 0 Å². The predicted octanol–water partition coefficient (Wildman–Crippen LogP) is 4.15. The summed E-state index contributed by atoms with van der Waals surface area (Å²) in [6, 6.07) is 15.6. The number of hydrogen-bond donors (Lipinski definition) is 1. The lowest BCUT2D eigenvalue weighted by Crippen LogP contribution is -2.46. The van der Waals surface area contributed by atoms with Gasteiger partial charge in [0.05, 0.1) is 0 Å². The molecule has 27 heavy (non-hydrogen) atoms. The summed E-state index contributed by atoms with van der Waals surface area (Å²) in [4.78, 5) is 27.1. The van der Waals surface area contributed by atoms with Crippen molar-refractivity contribution >= 4 is 11.8 Å². The summed E-state index contributed by atoms with van der Waals surface area (Å²) in [7, 11) is 0. The number of hydrogen-bond acceptors (Lipinski definition) is 2. The second kappa shape index (κ2) is 8.38. The highest BCUT2D eigenvalue weighted by atomic mass is 16.2. The highest BCUT2D eigenvalue weighted by Crippen LogP contribution is 2.18. The van der Waals surface area contributed by atoms with Gasteiger partial charge in [-0.2, -0.15) is 0 Å². The van der Waals surface area contributed by atoms with Gasteiger partial charge in [0.2, 0.25) is 0 Å². The van der Waals surface area contributed by atoms with Gasteiger partial charge in [-0.05, 0) is 55.0 Å². The first kappa shape index (κ1) is 19.2. The number of nitrogens with one attached hydrogen (secondary N) is 1. The summed E-state index contributed by atoms with van der Waals surface area (Å²) in [6.07, 6.45) is 1.57. The maximum atomic E-state index is 12.7. The third kappa shape index (κ3) is 4.57. The Morgan fingerprint density at radius 1 is 1.00 bits per heavy atom. The standard InChI is InChI=1S/C23H28N2O2/c1-16(2)18-8-10-19(11-9-18)23(27)25-14-12-20(13-15-25)24-22(26)21-7-5-4-6-17(21)3/h4-11,16,20H,12-15H2,1-3H3,(H,24,26). The van der Waals surface area contributed by atoms with Crippen LogP contribution < -0.4 is 5.32 Å². The summed E-state index contributed by atoms with van der Waals surface area (Å²) < 4.78 is 0. The predicted molar refractivity (Wildman–Crippen MR) is 108 cm³/mol. The number of amides is 2. The smallest absolute Gasteiger partial charge is 0.253 e. The van der Waals surface area contributed by atoms with E-state index in [1.54, 1.807) is 0 Å². The molecule has 0 unspecified atom stereocenters. The van der Waals surface area contributed by atoms with Crippen LogP contribution in [0.25, 0.3) is 0 Å². The second-order valence-electron chi connectivity index (χ2n) is 7.63. The number of aryl methyl sites for hydroxylation is 1. The second-order valence-corrected chi connectivity index (χ2v) is 7.63. The lowest BCUT2D eigenvalue weighted by atomic mass is 10.00. The number of piperidine rings is 1. The molecular weight excluding hydrogens is 336 g/mol. The van der Waals surface area contributed by atoms with Gasteiger partial charge in [0, 0.05) is 30.3 Å². The zero-order valence-corrected chi connectivity index (χ0v) is 16.4. The van der Waals surface area contributed by atoms with Gasteiger partial charge in [-0.25, -0.2) is 0 Å². The Balaban J connectivity index is 1.54. The van der Waals surface area contributed by atoms with E-state index < -0.39 is 0 Å². The van der Waals surface area contributed by atoms with Crippen molar-refractivity contribution in [3.63, 3.8) is 0 Å². The van der Waals surface area contributed by atoms with E-state index in [0.29, 0.717) is 19.0 Å². The molecule has 0 aromatic heterocycles. The van der Waals surface area contributed by atoms with E-state index >= 15 is 0 Å². The molecule has 1 saturated heterocycles. The molecule has 3 rings (SSSR count). The number of rotatable bonds is 4. The van der Waals surface area contributed by atoms with E-state index in [1.165, 1.54) is 5.56 Å². The number of likely N-dealkylation sites (tertiary alicyclic amines) is 1. The Morgan fingerprint density at radius 3 is 2.22 bits per heavy atom. The molecule has 1 fully saturated rings. The lowest BCUT2D eigenvalue weighted by Gasteiger charge is -2.32. The van der Waals surface area contributed by atoms with Gasteiger partial charge in [0.1, 0.15) is 0 Å². The molecule has 1 N–H and O–H groups in total. The molecule has 4 heteroatoms. The molecule has 4 nitrogen and oxygen atoms in total. The first-order valence-electron chi connectivity index (χ1n) is 9.71. The van der Waals surface area contributed by atoms with Gasteiger partial charge >= 0.3 is 0 Å². The zero-order valence-electron chi connectivity index (χ0n) is 16.4. The van der Waals surface area contributed by atoms with E-state index in [0.717, 1.165) is 29.5 Å². The van der Waals surface area contributed by atoms with Crippen LogP contribution in [0.3, 0.4) is 0 Å². The average molecular weight is 364 g/mol. The highest BCUT2D eigenvalue weighted by Gasteiger charge is 2.25. The number of carbonyl (C=O) groups excluding carboxylic acids is 2. The van der Waals surface area contributed by atoms with Crippen LogP contribution in [0, 0.1) is 6.92 Å². The monoisotopic (exact) mass is 364 g/mol. The molecule has 1 aliphatic rings. The molecule has 0 aliphatic carbocycles. The summed E-state index contributed by atoms with van der Waals surface area (Å²) >= 11 is 0. The largest absolute Gasteiger partial charge is 0.349 e. The minimum Gasteiger partial charge on any atom is -0.349 e. The van der Waals surface area contributed by atoms with Crippen molar-refractivity contribution in [2.45, 2.75) is 45.6 Å². The molecule has 0 bridgehead atoms. The van der Waals surface area contributed by atoms with Gasteiger partial charge in [-0.3, -0.25) is 9.59 Å². The van der Waals surface area contributed by atoms with Gasteiger partial charge in [0.15, 0.2) is 0 Å². The van der Waals surface area contributed by atoms with Crippen molar-refractivity contribution in [2.75, 3.05) is 13.1 Å². The highest BCUT2D eigenvalue weighted by molar-refractivity contribution is 5.96. The molecular formula is C23H28N2O2. The Bertz CT molecular complexity index is 803. The van der Waals surface area contributed by atoms with Crippen molar-refractivity contribution in [1.29, 1.82) is 0 Å². The minimum atomic E-state index is -0.0258. The fourth-order valence-corrected chi connectivity index (χ4v) is 3.51. The summed E-state index contributed by atoms with van der Waals surface area (Å²) in [6.45, 7) is 7.58. The van der Waals surface area contributed by atoms with Crippen molar-refractivity contribution in [2.24, 2.45) is 0 Å². The lowest BCUT2D eigenvalue weighted by molar-refractivity contribution is 0.0698. The Morgan fingerprint density at radius 2 is 1.63 bits per heavy atom. The van der Waals surface area contributed by atoms with E-state index in [4.69, 9.17) is 0 Å². The topological polar surface area (TPSA) is 49.4 Å². The average Bonchev–Trinajstić information content (AvgIpc) is 2.68. The van der Waals surface area contributed by atoms with E-state index in [-0.39, 0.29) is 17.9 Å². The van der Waals surface area contributed by atoms with Crippen LogP contribution in [0.4, 0.5) is 0 Å². The van der Waals surface area contributed by atoms with Gasteiger partial charge in [-0.15, -0.1) is 0 Å². The van der Waals surface area contributed by atoms with Crippen LogP contribution in [0.1, 0.15) is 64.4 Å². The summed E-state index contributed by atoms with van der Waals surface area (Å²) in [5.41, 5.74) is 3.68. The summed E-state index contributed by atoms with van der Waals surface area (Å²) in [5, 5.41) is 3.12. The molecule has 0 spiro atoms. The minimum absolute atomic E-state index is 0.0258. The van der Waals surface area contributed by atoms with Gasteiger partial charge in [-0.1, -0.05) is 44.2 Å². The van der Waals surface area contributed by atoms with Crippen LogP contribution >= 0.6 is 0 Å². The Kier molecular flexibility index (Phi) is 5.94. The molecule has 1 heterocycles. The molecule has 142 valence electrons. The number of carbonyl (C=O) groups is 2. The van der Waals surface area contributed by atoms with E-state index in [9.17, 15) is 9.59 Å². The zero-order chi connectivity index (χ0) is 19.4. The number of nitrogens with zero attached hydrogens (tertiary/aromatic N) is 1. The van der Waals surface area contributed by atoms with Crippen molar-refractivity contribution in [1.82, 2.24) is 10.2 Å². The Labute approximate surface area is 161 Å². The van der Waals surface area contributed by atoms with Crippen LogP contribution in [0.2, 0.25) is 0 Å². The number of benzene rings is 2. The molecule has 2 aromatic rings. The van der Waals surface area contributed by atoms with E-state index in [2.05, 4.69) is 19.2 Å².